The maximum atomic E-state index is 11.9. The summed E-state index contributed by atoms with van der Waals surface area (Å²) in [6.45, 7) is 8.62. The lowest BCUT2D eigenvalue weighted by Crippen LogP contribution is -2.46. The topological polar surface area (TPSA) is 45.3 Å². The molecular weight excluding hydrogens is 450 g/mol. The van der Waals surface area contributed by atoms with Crippen LogP contribution in [0.15, 0.2) is 72.8 Å². The molecule has 190 valence electrons. The Morgan fingerprint density at radius 1 is 0.889 bits per heavy atom. The molecule has 36 heavy (non-hydrogen) atoms. The van der Waals surface area contributed by atoms with Crippen LogP contribution in [0.4, 0.5) is 5.69 Å². The molecule has 4 rings (SSSR count). The van der Waals surface area contributed by atoms with Crippen LogP contribution in [0.25, 0.3) is 11.1 Å². The van der Waals surface area contributed by atoms with Crippen molar-refractivity contribution in [3.63, 3.8) is 0 Å². The van der Waals surface area contributed by atoms with Gasteiger partial charge in [0.1, 0.15) is 12.4 Å². The van der Waals surface area contributed by atoms with Crippen molar-refractivity contribution in [1.29, 1.82) is 0 Å². The molecule has 0 spiro atoms. The van der Waals surface area contributed by atoms with Gasteiger partial charge in [-0.2, -0.15) is 0 Å². The van der Waals surface area contributed by atoms with Crippen LogP contribution in [0.1, 0.15) is 22.8 Å². The van der Waals surface area contributed by atoms with Crippen molar-refractivity contribution >= 4 is 11.7 Å². The van der Waals surface area contributed by atoms with E-state index < -0.39 is 0 Å². The van der Waals surface area contributed by atoms with E-state index in [-0.39, 0.29) is 5.97 Å². The van der Waals surface area contributed by atoms with Crippen molar-refractivity contribution in [3.8, 4) is 16.9 Å². The highest BCUT2D eigenvalue weighted by Crippen LogP contribution is 2.27. The van der Waals surface area contributed by atoms with E-state index in [0.29, 0.717) is 18.8 Å². The summed E-state index contributed by atoms with van der Waals surface area (Å²) >= 11 is 0. The zero-order valence-corrected chi connectivity index (χ0v) is 21.7. The number of nitrogens with zero attached hydrogens (tertiary/aromatic N) is 3. The fourth-order valence-electron chi connectivity index (χ4n) is 4.44. The average Bonchev–Trinajstić information content (AvgIpc) is 2.90. The number of ether oxygens (including phenoxy) is 2. The third-order valence-corrected chi connectivity index (χ3v) is 6.50. The highest BCUT2D eigenvalue weighted by Gasteiger charge is 2.19. The fraction of sp³-hybridized carbons (Fsp3) is 0.367. The normalized spacial score (nSPS) is 14.2. The number of likely N-dealkylation sites (N-methyl/N-ethyl adjacent to an activating group) is 1. The molecule has 1 heterocycles. The molecule has 0 unspecified atom stereocenters. The second-order valence-electron chi connectivity index (χ2n) is 9.36. The first-order chi connectivity index (χ1) is 17.5. The molecule has 0 aliphatic carbocycles. The second-order valence-corrected chi connectivity index (χ2v) is 9.36. The molecule has 3 aromatic carbocycles. The molecule has 0 N–H and O–H groups in total. The summed E-state index contributed by atoms with van der Waals surface area (Å²) in [5, 5.41) is 0. The Labute approximate surface area is 215 Å². The van der Waals surface area contributed by atoms with Gasteiger partial charge >= 0.3 is 5.97 Å². The first-order valence-corrected chi connectivity index (χ1v) is 12.7. The highest BCUT2D eigenvalue weighted by atomic mass is 16.5. The van der Waals surface area contributed by atoms with Gasteiger partial charge in [0.2, 0.25) is 0 Å². The lowest BCUT2D eigenvalue weighted by molar-refractivity contribution is 0.0526. The van der Waals surface area contributed by atoms with Gasteiger partial charge in [0, 0.05) is 45.0 Å². The van der Waals surface area contributed by atoms with E-state index in [1.54, 1.807) is 0 Å². The molecule has 3 aromatic rings. The molecule has 0 radical (unpaired) electrons. The van der Waals surface area contributed by atoms with Crippen molar-refractivity contribution in [3.05, 3.63) is 83.9 Å². The van der Waals surface area contributed by atoms with Crippen LogP contribution in [-0.2, 0) is 11.3 Å². The zero-order chi connectivity index (χ0) is 25.3. The predicted octanol–water partition coefficient (Wildman–Crippen LogP) is 4.79. The van der Waals surface area contributed by atoms with Crippen LogP contribution in [-0.4, -0.2) is 75.8 Å². The van der Waals surface area contributed by atoms with Gasteiger partial charge in [-0.05, 0) is 74.1 Å². The molecular formula is C30H37N3O3. The maximum absolute atomic E-state index is 11.9. The van der Waals surface area contributed by atoms with Crippen LogP contribution in [0.3, 0.4) is 0 Å². The lowest BCUT2D eigenvalue weighted by atomic mass is 9.99. The summed E-state index contributed by atoms with van der Waals surface area (Å²) < 4.78 is 10.9. The van der Waals surface area contributed by atoms with E-state index in [1.807, 2.05) is 45.3 Å². The molecule has 6 nitrogen and oxygen atoms in total. The van der Waals surface area contributed by atoms with Gasteiger partial charge in [0.25, 0.3) is 0 Å². The predicted molar refractivity (Wildman–Crippen MR) is 146 cm³/mol. The van der Waals surface area contributed by atoms with Crippen LogP contribution in [0, 0.1) is 0 Å². The summed E-state index contributed by atoms with van der Waals surface area (Å²) in [7, 11) is 4.10. The lowest BCUT2D eigenvalue weighted by Gasteiger charge is -2.36. The van der Waals surface area contributed by atoms with Crippen LogP contribution in [0.5, 0.6) is 5.75 Å². The number of hydrogen-bond acceptors (Lipinski definition) is 6. The zero-order valence-electron chi connectivity index (χ0n) is 21.7. The first-order valence-electron chi connectivity index (χ1n) is 12.7. The van der Waals surface area contributed by atoms with Gasteiger partial charge in [-0.3, -0.25) is 4.90 Å². The van der Waals surface area contributed by atoms with E-state index in [4.69, 9.17) is 9.47 Å². The molecule has 0 saturated carbocycles. The maximum Gasteiger partial charge on any atom is 0.338 e. The fourth-order valence-corrected chi connectivity index (χ4v) is 4.44. The standard InChI is InChI=1S/C30H37N3O3/c1-4-35-30(34)25-9-13-27(14-10-25)33-19-17-32(18-20-33)23-26-7-5-6-8-29(26)24-11-15-28(16-12-24)36-22-21-31(2)3/h5-16H,4,17-23H2,1-3H3. The van der Waals surface area contributed by atoms with E-state index in [0.717, 1.165) is 50.7 Å². The van der Waals surface area contributed by atoms with E-state index in [1.165, 1.54) is 16.7 Å². The Morgan fingerprint density at radius 3 is 2.25 bits per heavy atom. The van der Waals surface area contributed by atoms with Gasteiger partial charge < -0.3 is 19.3 Å². The SMILES string of the molecule is CCOC(=O)c1ccc(N2CCN(Cc3ccccc3-c3ccc(OCCN(C)C)cc3)CC2)cc1. The largest absolute Gasteiger partial charge is 0.492 e. The number of carbonyl (C=O) groups excluding carboxylic acids is 1. The Kier molecular flexibility index (Phi) is 8.98. The Morgan fingerprint density at radius 2 is 1.58 bits per heavy atom. The minimum atomic E-state index is -0.265. The van der Waals surface area contributed by atoms with Gasteiger partial charge in [0.15, 0.2) is 0 Å². The van der Waals surface area contributed by atoms with Gasteiger partial charge in [-0.1, -0.05) is 36.4 Å². The van der Waals surface area contributed by atoms with Gasteiger partial charge in [-0.15, -0.1) is 0 Å². The number of rotatable bonds is 10. The smallest absolute Gasteiger partial charge is 0.338 e. The summed E-state index contributed by atoms with van der Waals surface area (Å²) in [5.41, 5.74) is 5.58. The molecule has 0 amide bonds. The number of esters is 1. The number of hydrogen-bond donors (Lipinski definition) is 0. The molecule has 1 fully saturated rings. The molecule has 1 aliphatic rings. The molecule has 0 atom stereocenters. The molecule has 1 aliphatic heterocycles. The number of benzene rings is 3. The van der Waals surface area contributed by atoms with Crippen molar-refractivity contribution < 1.29 is 14.3 Å². The summed E-state index contributed by atoms with van der Waals surface area (Å²) in [4.78, 5) is 18.9. The summed E-state index contributed by atoms with van der Waals surface area (Å²) in [6, 6.07) is 24.9. The molecule has 1 saturated heterocycles. The number of piperazine rings is 1. The van der Waals surface area contributed by atoms with E-state index in [2.05, 4.69) is 63.2 Å². The second kappa shape index (κ2) is 12.6. The minimum absolute atomic E-state index is 0.265. The quantitative estimate of drug-likeness (QED) is 0.383. The number of anilines is 1. The summed E-state index contributed by atoms with van der Waals surface area (Å²) in [6.07, 6.45) is 0. The van der Waals surface area contributed by atoms with Crippen LogP contribution < -0.4 is 9.64 Å². The summed E-state index contributed by atoms with van der Waals surface area (Å²) in [5.74, 6) is 0.642. The molecule has 6 heteroatoms. The average molecular weight is 488 g/mol. The third-order valence-electron chi connectivity index (χ3n) is 6.50. The highest BCUT2D eigenvalue weighted by molar-refractivity contribution is 5.89. The van der Waals surface area contributed by atoms with Gasteiger partial charge in [-0.25, -0.2) is 4.79 Å². The van der Waals surface area contributed by atoms with Crippen molar-refractivity contribution in [2.75, 3.05) is 64.9 Å². The van der Waals surface area contributed by atoms with Crippen LogP contribution in [0.2, 0.25) is 0 Å². The van der Waals surface area contributed by atoms with Crippen molar-refractivity contribution in [2.45, 2.75) is 13.5 Å². The number of carbonyl (C=O) groups is 1. The molecule has 0 bridgehead atoms. The van der Waals surface area contributed by atoms with E-state index >= 15 is 0 Å². The Hall–Kier alpha value is -3.35. The Bertz CT molecular complexity index is 1110. The monoisotopic (exact) mass is 487 g/mol. The van der Waals surface area contributed by atoms with Crippen molar-refractivity contribution in [2.24, 2.45) is 0 Å². The third kappa shape index (κ3) is 6.86. The van der Waals surface area contributed by atoms with E-state index in [9.17, 15) is 4.79 Å². The Balaban J connectivity index is 1.34. The van der Waals surface area contributed by atoms with Crippen LogP contribution >= 0.6 is 0 Å². The molecule has 0 aromatic heterocycles. The minimum Gasteiger partial charge on any atom is -0.492 e. The van der Waals surface area contributed by atoms with Crippen molar-refractivity contribution in [1.82, 2.24) is 9.80 Å². The van der Waals surface area contributed by atoms with Gasteiger partial charge in [0.05, 0.1) is 12.2 Å². The first kappa shape index (κ1) is 25.7.